The fraction of sp³-hybridized carbons (Fsp3) is 1.00. The molecule has 4 heteroatoms. The molecule has 1 N–H and O–H groups in total. The summed E-state index contributed by atoms with van der Waals surface area (Å²) in [6.07, 6.45) is 10.3. The van der Waals surface area contributed by atoms with Gasteiger partial charge in [-0.2, -0.15) is 0 Å². The molecule has 1 nitrogen and oxygen atoms in total. The van der Waals surface area contributed by atoms with Gasteiger partial charge in [0.1, 0.15) is 5.34 Å². The number of rotatable bonds is 10. The summed E-state index contributed by atoms with van der Waals surface area (Å²) in [5, 5.41) is 9.62. The standard InChI is InChI=1S/C12H25OPS.Zn/c1-3-5-7-8-9-11-12(13,14-15)10-6-4-2;/h13H,3-11H2,1-2H3;. The van der Waals surface area contributed by atoms with Crippen LogP contribution in [0.25, 0.3) is 0 Å². The molecular formula is C12H25OPSZn. The quantitative estimate of drug-likeness (QED) is 0.360. The monoisotopic (exact) mass is 312 g/mol. The number of aliphatic hydroxyl groups is 1. The first-order chi connectivity index (χ1) is 7.18. The molecule has 0 aromatic carbocycles. The summed E-state index contributed by atoms with van der Waals surface area (Å²) in [5.41, 5.74) is 0. The molecule has 0 heterocycles. The minimum absolute atomic E-state index is 0. The number of hydrogen-bond acceptors (Lipinski definition) is 2. The van der Waals surface area contributed by atoms with Crippen LogP contribution in [-0.2, 0) is 31.3 Å². The Bertz CT molecular complexity index is 169. The van der Waals surface area contributed by atoms with Crippen molar-refractivity contribution in [2.24, 2.45) is 0 Å². The third kappa shape index (κ3) is 10.3. The second-order valence-corrected chi connectivity index (χ2v) is 5.90. The van der Waals surface area contributed by atoms with Crippen molar-refractivity contribution >= 4 is 19.2 Å². The summed E-state index contributed by atoms with van der Waals surface area (Å²) < 4.78 is 0. The summed E-state index contributed by atoms with van der Waals surface area (Å²) in [6, 6.07) is 0. The molecule has 0 fully saturated rings. The maximum atomic E-state index is 10.2. The van der Waals surface area contributed by atoms with Gasteiger partial charge in [-0.25, -0.2) is 0 Å². The van der Waals surface area contributed by atoms with Gasteiger partial charge in [0, 0.05) is 26.8 Å². The smallest absolute Gasteiger partial charge is 0.116 e. The summed E-state index contributed by atoms with van der Waals surface area (Å²) in [4.78, 5) is 0. The Labute approximate surface area is 120 Å². The molecule has 16 heavy (non-hydrogen) atoms. The van der Waals surface area contributed by atoms with Gasteiger partial charge in [-0.15, -0.1) is 0 Å². The van der Waals surface area contributed by atoms with Gasteiger partial charge in [0.15, 0.2) is 0 Å². The van der Waals surface area contributed by atoms with Crippen molar-refractivity contribution in [1.29, 1.82) is 0 Å². The molecule has 1 unspecified atom stereocenters. The van der Waals surface area contributed by atoms with E-state index in [-0.39, 0.29) is 19.5 Å². The van der Waals surface area contributed by atoms with Gasteiger partial charge in [0.2, 0.25) is 0 Å². The molecule has 0 aliphatic rings. The Morgan fingerprint density at radius 2 is 1.44 bits per heavy atom. The van der Waals surface area contributed by atoms with E-state index in [2.05, 4.69) is 13.8 Å². The molecule has 0 saturated heterocycles. The molecule has 92 valence electrons. The predicted molar refractivity (Wildman–Crippen MR) is 72.1 cm³/mol. The van der Waals surface area contributed by atoms with E-state index >= 15 is 0 Å². The molecule has 1 atom stereocenters. The van der Waals surface area contributed by atoms with Crippen LogP contribution in [0, 0.1) is 0 Å². The molecule has 0 bridgehead atoms. The van der Waals surface area contributed by atoms with Gasteiger partial charge in [0.05, 0.1) is 0 Å². The zero-order chi connectivity index (χ0) is 11.6. The first kappa shape index (κ1) is 19.4. The van der Waals surface area contributed by atoms with E-state index in [1.807, 2.05) is 0 Å². The van der Waals surface area contributed by atoms with Gasteiger partial charge in [-0.1, -0.05) is 64.2 Å². The normalized spacial score (nSPS) is 14.4. The van der Waals surface area contributed by atoms with Crippen LogP contribution < -0.4 is 0 Å². The minimum Gasteiger partial charge on any atom is -0.380 e. The second-order valence-electron chi connectivity index (χ2n) is 4.34. The van der Waals surface area contributed by atoms with Gasteiger partial charge in [0.25, 0.3) is 0 Å². The Hall–Kier alpha value is 1.10. The molecule has 0 aliphatic heterocycles. The van der Waals surface area contributed by atoms with E-state index < -0.39 is 5.34 Å². The van der Waals surface area contributed by atoms with Crippen molar-refractivity contribution in [3.05, 3.63) is 0 Å². The number of unbranched alkanes of at least 4 members (excludes halogenated alkanes) is 5. The fourth-order valence-corrected chi connectivity index (χ4v) is 2.73. The maximum Gasteiger partial charge on any atom is 0.116 e. The topological polar surface area (TPSA) is 20.2 Å². The summed E-state index contributed by atoms with van der Waals surface area (Å²) in [7, 11) is 0.739. The van der Waals surface area contributed by atoms with E-state index in [0.29, 0.717) is 0 Å². The molecular weight excluding hydrogens is 289 g/mol. The van der Waals surface area contributed by atoms with Gasteiger partial charge in [-0.05, 0) is 19.3 Å². The van der Waals surface area contributed by atoms with Crippen LogP contribution in [0.3, 0.4) is 0 Å². The van der Waals surface area contributed by atoms with Gasteiger partial charge < -0.3 is 5.11 Å². The average molecular weight is 314 g/mol. The second kappa shape index (κ2) is 12.6. The molecule has 0 aromatic heterocycles. The minimum atomic E-state index is -0.572. The molecule has 0 rings (SSSR count). The van der Waals surface area contributed by atoms with Crippen molar-refractivity contribution in [3.8, 4) is 0 Å². The average Bonchev–Trinajstić information content (AvgIpc) is 2.26. The Morgan fingerprint density at radius 3 is 1.94 bits per heavy atom. The fourth-order valence-electron chi connectivity index (χ4n) is 1.69. The molecule has 0 radical (unpaired) electrons. The van der Waals surface area contributed by atoms with Crippen molar-refractivity contribution < 1.29 is 24.6 Å². The zero-order valence-corrected chi connectivity index (χ0v) is 15.6. The van der Waals surface area contributed by atoms with Gasteiger partial charge in [-0.3, -0.25) is 0 Å². The molecule has 0 aliphatic carbocycles. The first-order valence-corrected chi connectivity index (χ1v) is 8.16. The van der Waals surface area contributed by atoms with Crippen LogP contribution in [0.5, 0.6) is 0 Å². The number of hydrogen-bond donors (Lipinski definition) is 1. The van der Waals surface area contributed by atoms with Crippen LogP contribution in [0.1, 0.15) is 71.6 Å². The van der Waals surface area contributed by atoms with E-state index in [9.17, 15) is 5.11 Å². The largest absolute Gasteiger partial charge is 0.380 e. The Kier molecular flexibility index (Phi) is 15.3. The van der Waals surface area contributed by atoms with Crippen LogP contribution in [-0.4, -0.2) is 10.4 Å². The summed E-state index contributed by atoms with van der Waals surface area (Å²) in [5.74, 6) is 0. The SMILES string of the molecule is CCCCCCCC(O)(CCCC)P=S.[Zn]. The maximum absolute atomic E-state index is 10.2. The molecule has 0 saturated carbocycles. The van der Waals surface area contributed by atoms with E-state index in [1.165, 1.54) is 25.7 Å². The summed E-state index contributed by atoms with van der Waals surface area (Å²) in [6.45, 7) is 4.38. The van der Waals surface area contributed by atoms with Crippen LogP contribution in [0.4, 0.5) is 0 Å². The van der Waals surface area contributed by atoms with Crippen molar-refractivity contribution in [2.75, 3.05) is 0 Å². The molecule has 0 amide bonds. The predicted octanol–water partition coefficient (Wildman–Crippen LogP) is 4.63. The molecule has 0 spiro atoms. The summed E-state index contributed by atoms with van der Waals surface area (Å²) >= 11 is 5.02. The molecule has 0 aromatic rings. The first-order valence-electron chi connectivity index (χ1n) is 6.25. The Morgan fingerprint density at radius 1 is 0.938 bits per heavy atom. The third-order valence-corrected chi connectivity index (χ3v) is 4.59. The van der Waals surface area contributed by atoms with Crippen molar-refractivity contribution in [2.45, 2.75) is 77.0 Å². The van der Waals surface area contributed by atoms with Gasteiger partial charge >= 0.3 is 0 Å². The van der Waals surface area contributed by atoms with E-state index in [0.717, 1.165) is 39.5 Å². The van der Waals surface area contributed by atoms with E-state index in [4.69, 9.17) is 11.8 Å². The van der Waals surface area contributed by atoms with Crippen LogP contribution in [0.2, 0.25) is 0 Å². The van der Waals surface area contributed by atoms with Crippen LogP contribution >= 0.6 is 7.36 Å². The zero-order valence-electron chi connectivity index (χ0n) is 10.9. The van der Waals surface area contributed by atoms with Crippen LogP contribution in [0.15, 0.2) is 0 Å². The third-order valence-electron chi connectivity index (χ3n) is 2.78. The van der Waals surface area contributed by atoms with E-state index in [1.54, 1.807) is 0 Å². The Balaban J connectivity index is 0. The van der Waals surface area contributed by atoms with Crippen molar-refractivity contribution in [1.82, 2.24) is 0 Å². The van der Waals surface area contributed by atoms with Crippen molar-refractivity contribution in [3.63, 3.8) is 0 Å².